The molecule has 0 bridgehead atoms. The normalized spacial score (nSPS) is 18.5. The molecular weight excluding hydrogens is 383 g/mol. The van der Waals surface area contributed by atoms with Crippen LogP contribution in [0.4, 0.5) is 13.2 Å². The molecular formula is C14H19ClF3N3O3S. The van der Waals surface area contributed by atoms with Crippen LogP contribution in [0.1, 0.15) is 12.8 Å². The van der Waals surface area contributed by atoms with E-state index >= 15 is 0 Å². The van der Waals surface area contributed by atoms with E-state index in [0.717, 1.165) is 4.31 Å². The highest BCUT2D eigenvalue weighted by Crippen LogP contribution is 2.26. The molecule has 1 atom stereocenters. The Bertz CT molecular complexity index is 710. The molecule has 1 heterocycles. The number of benzene rings is 1. The Morgan fingerprint density at radius 1 is 1.28 bits per heavy atom. The zero-order valence-corrected chi connectivity index (χ0v) is 14.8. The average Bonchev–Trinajstić information content (AvgIpc) is 2.57. The van der Waals surface area contributed by atoms with Crippen LogP contribution in [-0.4, -0.2) is 44.8 Å². The summed E-state index contributed by atoms with van der Waals surface area (Å²) in [6.45, 7) is 0.536. The predicted octanol–water partition coefficient (Wildman–Crippen LogP) is 1.00. The van der Waals surface area contributed by atoms with Crippen LogP contribution in [-0.2, 0) is 14.8 Å². The number of sulfonamides is 1. The second-order valence-electron chi connectivity index (χ2n) is 5.48. The maximum atomic E-state index is 13.3. The van der Waals surface area contributed by atoms with Gasteiger partial charge in [-0.25, -0.2) is 21.6 Å². The molecule has 1 amide bonds. The maximum absolute atomic E-state index is 13.3. The number of hydrogen-bond donors (Lipinski definition) is 2. The van der Waals surface area contributed by atoms with Crippen molar-refractivity contribution in [3.63, 3.8) is 0 Å². The molecule has 1 fully saturated rings. The van der Waals surface area contributed by atoms with Gasteiger partial charge in [0.1, 0.15) is 0 Å². The van der Waals surface area contributed by atoms with E-state index in [2.05, 4.69) is 5.32 Å². The first-order valence-corrected chi connectivity index (χ1v) is 8.84. The van der Waals surface area contributed by atoms with Crippen LogP contribution >= 0.6 is 12.4 Å². The summed E-state index contributed by atoms with van der Waals surface area (Å²) in [7, 11) is -4.23. The SMILES string of the molecule is Cl.NCCNC(=O)C1CCCN(S(=O)(=O)c2cc(F)c(F)c(F)c2)C1. The number of halogens is 4. The fourth-order valence-electron chi connectivity index (χ4n) is 2.54. The van der Waals surface area contributed by atoms with Crippen molar-refractivity contribution >= 4 is 28.3 Å². The number of hydrogen-bond acceptors (Lipinski definition) is 4. The molecule has 2 rings (SSSR count). The van der Waals surface area contributed by atoms with Crippen molar-refractivity contribution in [1.29, 1.82) is 0 Å². The van der Waals surface area contributed by atoms with Crippen molar-refractivity contribution in [2.24, 2.45) is 11.7 Å². The fraction of sp³-hybridized carbons (Fsp3) is 0.500. The zero-order chi connectivity index (χ0) is 17.9. The molecule has 1 saturated heterocycles. The van der Waals surface area contributed by atoms with Gasteiger partial charge >= 0.3 is 0 Å². The summed E-state index contributed by atoms with van der Waals surface area (Å²) in [5.41, 5.74) is 5.30. The largest absolute Gasteiger partial charge is 0.355 e. The minimum Gasteiger partial charge on any atom is -0.355 e. The number of rotatable bonds is 5. The fourth-order valence-corrected chi connectivity index (χ4v) is 4.09. The monoisotopic (exact) mass is 401 g/mol. The van der Waals surface area contributed by atoms with Crippen molar-refractivity contribution in [3.8, 4) is 0 Å². The summed E-state index contributed by atoms with van der Waals surface area (Å²) >= 11 is 0. The lowest BCUT2D eigenvalue weighted by Gasteiger charge is -2.31. The lowest BCUT2D eigenvalue weighted by molar-refractivity contribution is -0.126. The van der Waals surface area contributed by atoms with E-state index in [4.69, 9.17) is 5.73 Å². The van der Waals surface area contributed by atoms with Gasteiger partial charge in [-0.1, -0.05) is 0 Å². The van der Waals surface area contributed by atoms with Crippen molar-refractivity contribution in [2.45, 2.75) is 17.7 Å². The molecule has 1 aliphatic heterocycles. The van der Waals surface area contributed by atoms with Gasteiger partial charge in [-0.05, 0) is 25.0 Å². The Labute approximate surface area is 150 Å². The van der Waals surface area contributed by atoms with Crippen LogP contribution in [0.5, 0.6) is 0 Å². The second kappa shape index (κ2) is 8.84. The molecule has 0 saturated carbocycles. The third-order valence-corrected chi connectivity index (χ3v) is 5.64. The summed E-state index contributed by atoms with van der Waals surface area (Å²) in [5.74, 6) is -5.79. The Morgan fingerprint density at radius 2 is 1.88 bits per heavy atom. The first-order valence-electron chi connectivity index (χ1n) is 7.40. The molecule has 6 nitrogen and oxygen atoms in total. The van der Waals surface area contributed by atoms with Crippen molar-refractivity contribution < 1.29 is 26.4 Å². The first-order chi connectivity index (χ1) is 11.3. The summed E-state index contributed by atoms with van der Waals surface area (Å²) in [5, 5.41) is 2.58. The highest BCUT2D eigenvalue weighted by molar-refractivity contribution is 7.89. The van der Waals surface area contributed by atoms with Gasteiger partial charge in [-0.15, -0.1) is 12.4 Å². The van der Waals surface area contributed by atoms with Gasteiger partial charge in [0.15, 0.2) is 17.5 Å². The molecule has 1 aromatic rings. The van der Waals surface area contributed by atoms with Gasteiger partial charge in [0, 0.05) is 26.2 Å². The summed E-state index contributed by atoms with van der Waals surface area (Å²) in [6, 6.07) is 0.873. The molecule has 3 N–H and O–H groups in total. The molecule has 25 heavy (non-hydrogen) atoms. The molecule has 142 valence electrons. The maximum Gasteiger partial charge on any atom is 0.243 e. The van der Waals surface area contributed by atoms with Crippen LogP contribution in [0, 0.1) is 23.4 Å². The Hall–Kier alpha value is -1.36. The molecule has 1 unspecified atom stereocenters. The lowest BCUT2D eigenvalue weighted by atomic mass is 9.99. The number of nitrogens with zero attached hydrogens (tertiary/aromatic N) is 1. The highest BCUT2D eigenvalue weighted by atomic mass is 35.5. The minimum absolute atomic E-state index is 0. The second-order valence-corrected chi connectivity index (χ2v) is 7.42. The van der Waals surface area contributed by atoms with E-state index in [9.17, 15) is 26.4 Å². The quantitative estimate of drug-likeness (QED) is 0.720. The van der Waals surface area contributed by atoms with Gasteiger partial charge < -0.3 is 11.1 Å². The van der Waals surface area contributed by atoms with Crippen LogP contribution in [0.15, 0.2) is 17.0 Å². The predicted molar refractivity (Wildman–Crippen MR) is 87.1 cm³/mol. The van der Waals surface area contributed by atoms with Crippen LogP contribution in [0.3, 0.4) is 0 Å². The van der Waals surface area contributed by atoms with Crippen molar-refractivity contribution in [1.82, 2.24) is 9.62 Å². The number of amides is 1. The molecule has 11 heteroatoms. The van der Waals surface area contributed by atoms with Crippen LogP contribution in [0.25, 0.3) is 0 Å². The average molecular weight is 402 g/mol. The Kier molecular flexibility index (Phi) is 7.66. The minimum atomic E-state index is -4.23. The first kappa shape index (κ1) is 21.7. The smallest absolute Gasteiger partial charge is 0.243 e. The van der Waals surface area contributed by atoms with Gasteiger partial charge in [-0.3, -0.25) is 4.79 Å². The van der Waals surface area contributed by atoms with Gasteiger partial charge in [0.25, 0.3) is 0 Å². The summed E-state index contributed by atoms with van der Waals surface area (Å²) in [4.78, 5) is 11.3. The summed E-state index contributed by atoms with van der Waals surface area (Å²) in [6.07, 6.45) is 0.917. The molecule has 0 aromatic heterocycles. The van der Waals surface area contributed by atoms with Crippen molar-refractivity contribution in [3.05, 3.63) is 29.6 Å². The number of piperidine rings is 1. The van der Waals surface area contributed by atoms with Gasteiger partial charge in [0.2, 0.25) is 15.9 Å². The van der Waals surface area contributed by atoms with E-state index in [0.29, 0.717) is 25.0 Å². The molecule has 0 aliphatic carbocycles. The molecule has 1 aliphatic rings. The third-order valence-electron chi connectivity index (χ3n) is 3.79. The molecule has 0 radical (unpaired) electrons. The number of carbonyl (C=O) groups is 1. The standard InChI is InChI=1S/C14H18F3N3O3S.ClH/c15-11-6-10(7-12(16)13(11)17)24(22,23)20-5-1-2-9(8-20)14(21)19-4-3-18;/h6-7,9H,1-5,8,18H2,(H,19,21);1H. The number of nitrogens with two attached hydrogens (primary N) is 1. The molecule has 1 aromatic carbocycles. The van der Waals surface area contributed by atoms with E-state index in [1.807, 2.05) is 0 Å². The van der Waals surface area contributed by atoms with E-state index < -0.39 is 38.3 Å². The topological polar surface area (TPSA) is 92.5 Å². The number of nitrogens with one attached hydrogen (secondary N) is 1. The van der Waals surface area contributed by atoms with Crippen LogP contribution < -0.4 is 11.1 Å². The van der Waals surface area contributed by atoms with Crippen molar-refractivity contribution in [2.75, 3.05) is 26.2 Å². The number of carbonyl (C=O) groups excluding carboxylic acids is 1. The van der Waals surface area contributed by atoms with E-state index in [1.54, 1.807) is 0 Å². The lowest BCUT2D eigenvalue weighted by Crippen LogP contribution is -2.46. The highest BCUT2D eigenvalue weighted by Gasteiger charge is 2.34. The van der Waals surface area contributed by atoms with Crippen LogP contribution in [0.2, 0.25) is 0 Å². The Balaban J connectivity index is 0.00000312. The van der Waals surface area contributed by atoms with Gasteiger partial charge in [0.05, 0.1) is 10.8 Å². The summed E-state index contributed by atoms with van der Waals surface area (Å²) < 4.78 is 65.6. The van der Waals surface area contributed by atoms with Gasteiger partial charge in [-0.2, -0.15) is 4.31 Å². The Morgan fingerprint density at radius 3 is 2.44 bits per heavy atom. The van der Waals surface area contributed by atoms with E-state index in [-0.39, 0.29) is 44.5 Å². The zero-order valence-electron chi connectivity index (χ0n) is 13.2. The van der Waals surface area contributed by atoms with E-state index in [1.165, 1.54) is 0 Å². The third kappa shape index (κ3) is 4.84. The molecule has 0 spiro atoms.